The predicted molar refractivity (Wildman–Crippen MR) is 71.2 cm³/mol. The highest BCUT2D eigenvalue weighted by atomic mass is 32.2. The number of carbonyl (C=O) groups is 1. The number of hydrogen-bond donors (Lipinski definition) is 1. The summed E-state index contributed by atoms with van der Waals surface area (Å²) in [7, 11) is -1.89. The molecule has 106 valence electrons. The van der Waals surface area contributed by atoms with Crippen molar-refractivity contribution in [1.29, 1.82) is 0 Å². The third kappa shape index (κ3) is 5.80. The van der Waals surface area contributed by atoms with Gasteiger partial charge in [0.15, 0.2) is 0 Å². The third-order valence-corrected chi connectivity index (χ3v) is 4.53. The second-order valence-electron chi connectivity index (χ2n) is 4.21. The number of rotatable bonds is 8. The number of hydrogen-bond acceptors (Lipinski definition) is 4. The Labute approximate surface area is 113 Å². The molecule has 7 heteroatoms. The molecule has 0 aromatic carbocycles. The van der Waals surface area contributed by atoms with Crippen LogP contribution in [0.15, 0.2) is 24.4 Å². The molecule has 0 aliphatic carbocycles. The van der Waals surface area contributed by atoms with Crippen molar-refractivity contribution in [3.63, 3.8) is 0 Å². The Morgan fingerprint density at radius 1 is 1.42 bits per heavy atom. The molecular weight excluding hydrogens is 268 g/mol. The van der Waals surface area contributed by atoms with Crippen molar-refractivity contribution >= 4 is 16.0 Å². The van der Waals surface area contributed by atoms with E-state index >= 15 is 0 Å². The van der Waals surface area contributed by atoms with Gasteiger partial charge in [-0.1, -0.05) is 6.07 Å². The topological polar surface area (TPSA) is 87.6 Å². The van der Waals surface area contributed by atoms with E-state index < -0.39 is 16.0 Å². The molecule has 1 rings (SSSR count). The molecule has 0 amide bonds. The molecule has 0 aliphatic heterocycles. The Bertz CT molecular complexity index is 502. The fourth-order valence-electron chi connectivity index (χ4n) is 1.53. The summed E-state index contributed by atoms with van der Waals surface area (Å²) in [6.07, 6.45) is 2.26. The number of nitrogens with zero attached hydrogens (tertiary/aromatic N) is 2. The van der Waals surface area contributed by atoms with E-state index in [1.165, 1.54) is 11.4 Å². The molecule has 6 nitrogen and oxygen atoms in total. The van der Waals surface area contributed by atoms with Gasteiger partial charge in [0, 0.05) is 38.3 Å². The third-order valence-electron chi connectivity index (χ3n) is 2.68. The second kappa shape index (κ2) is 7.20. The summed E-state index contributed by atoms with van der Waals surface area (Å²) >= 11 is 0. The van der Waals surface area contributed by atoms with E-state index in [0.29, 0.717) is 12.8 Å². The highest BCUT2D eigenvalue weighted by Crippen LogP contribution is 2.05. The maximum absolute atomic E-state index is 11.9. The maximum atomic E-state index is 11.9. The number of carboxylic acids is 1. The fourth-order valence-corrected chi connectivity index (χ4v) is 2.71. The van der Waals surface area contributed by atoms with Crippen molar-refractivity contribution in [2.75, 3.05) is 19.3 Å². The van der Waals surface area contributed by atoms with Gasteiger partial charge in [-0.25, -0.2) is 12.7 Å². The van der Waals surface area contributed by atoms with Gasteiger partial charge in [0.25, 0.3) is 0 Å². The van der Waals surface area contributed by atoms with Crippen molar-refractivity contribution in [3.05, 3.63) is 30.1 Å². The summed E-state index contributed by atoms with van der Waals surface area (Å²) in [4.78, 5) is 14.4. The molecule has 0 aliphatic rings. The van der Waals surface area contributed by atoms with Crippen LogP contribution in [0.25, 0.3) is 0 Å². The molecule has 1 N–H and O–H groups in total. The molecule has 0 bridgehead atoms. The Hall–Kier alpha value is -1.47. The summed E-state index contributed by atoms with van der Waals surface area (Å²) in [5.41, 5.74) is 0.727. The lowest BCUT2D eigenvalue weighted by Crippen LogP contribution is -2.31. The van der Waals surface area contributed by atoms with Crippen LogP contribution in [0.5, 0.6) is 0 Å². The van der Waals surface area contributed by atoms with E-state index in [4.69, 9.17) is 5.11 Å². The minimum Gasteiger partial charge on any atom is -0.481 e. The molecule has 0 atom stereocenters. The van der Waals surface area contributed by atoms with E-state index in [1.807, 2.05) is 6.07 Å². The van der Waals surface area contributed by atoms with Gasteiger partial charge < -0.3 is 5.11 Å². The van der Waals surface area contributed by atoms with E-state index in [9.17, 15) is 13.2 Å². The Kier molecular flexibility index (Phi) is 5.91. The first-order valence-corrected chi connectivity index (χ1v) is 7.58. The maximum Gasteiger partial charge on any atom is 0.303 e. The highest BCUT2D eigenvalue weighted by molar-refractivity contribution is 7.89. The van der Waals surface area contributed by atoms with Crippen molar-refractivity contribution in [2.45, 2.75) is 19.3 Å². The highest BCUT2D eigenvalue weighted by Gasteiger charge is 2.17. The molecule has 0 unspecified atom stereocenters. The Balaban J connectivity index is 2.44. The normalized spacial score (nSPS) is 11.7. The summed E-state index contributed by atoms with van der Waals surface area (Å²) in [6, 6.07) is 5.36. The minimum absolute atomic E-state index is 0.0203. The molecule has 0 saturated carbocycles. The van der Waals surface area contributed by atoms with Gasteiger partial charge in [-0.3, -0.25) is 9.78 Å². The molecule has 0 spiro atoms. The van der Waals surface area contributed by atoms with Crippen LogP contribution in [0.3, 0.4) is 0 Å². The molecule has 1 heterocycles. The van der Waals surface area contributed by atoms with E-state index in [2.05, 4.69) is 4.98 Å². The van der Waals surface area contributed by atoms with Gasteiger partial charge in [0.1, 0.15) is 0 Å². The molecular formula is C12H18N2O4S. The zero-order valence-corrected chi connectivity index (χ0v) is 11.6. The second-order valence-corrected chi connectivity index (χ2v) is 6.40. The smallest absolute Gasteiger partial charge is 0.303 e. The van der Waals surface area contributed by atoms with Gasteiger partial charge in [0.2, 0.25) is 10.0 Å². The lowest BCUT2D eigenvalue weighted by Gasteiger charge is -2.16. The van der Waals surface area contributed by atoms with E-state index in [-0.39, 0.29) is 18.7 Å². The number of sulfonamides is 1. The number of carboxylic acid groups (broad SMARTS) is 1. The van der Waals surface area contributed by atoms with Crippen LogP contribution < -0.4 is 0 Å². The van der Waals surface area contributed by atoms with Gasteiger partial charge in [0.05, 0.1) is 5.75 Å². The van der Waals surface area contributed by atoms with Crippen LogP contribution >= 0.6 is 0 Å². The predicted octanol–water partition coefficient (Wildman–Crippen LogP) is 0.750. The van der Waals surface area contributed by atoms with Crippen LogP contribution in [0, 0.1) is 0 Å². The van der Waals surface area contributed by atoms with Gasteiger partial charge in [-0.05, 0) is 18.6 Å². The number of aliphatic carboxylic acids is 1. The molecule has 0 saturated heterocycles. The van der Waals surface area contributed by atoms with Crippen molar-refractivity contribution in [1.82, 2.24) is 9.29 Å². The van der Waals surface area contributed by atoms with Crippen LogP contribution in [0.4, 0.5) is 0 Å². The first kappa shape index (κ1) is 15.6. The molecule has 1 aromatic rings. The SMILES string of the molecule is CN(CCCC(=O)O)S(=O)(=O)CCc1ccccn1. The van der Waals surface area contributed by atoms with E-state index in [0.717, 1.165) is 5.69 Å². The molecule has 1 aromatic heterocycles. The Morgan fingerprint density at radius 3 is 2.74 bits per heavy atom. The van der Waals surface area contributed by atoms with Gasteiger partial charge in [-0.2, -0.15) is 0 Å². The first-order valence-electron chi connectivity index (χ1n) is 5.97. The lowest BCUT2D eigenvalue weighted by molar-refractivity contribution is -0.137. The number of aryl methyl sites for hydroxylation is 1. The number of pyridine rings is 1. The zero-order chi connectivity index (χ0) is 14.3. The zero-order valence-electron chi connectivity index (χ0n) is 10.8. The first-order chi connectivity index (χ1) is 8.92. The van der Waals surface area contributed by atoms with Crippen LogP contribution in [0.2, 0.25) is 0 Å². The van der Waals surface area contributed by atoms with Crippen molar-refractivity contribution in [2.24, 2.45) is 0 Å². The summed E-state index contributed by atoms with van der Waals surface area (Å²) in [6.45, 7) is 0.219. The monoisotopic (exact) mass is 286 g/mol. The van der Waals surface area contributed by atoms with Gasteiger partial charge >= 0.3 is 5.97 Å². The minimum atomic E-state index is -3.36. The lowest BCUT2D eigenvalue weighted by atomic mass is 10.3. The van der Waals surface area contributed by atoms with Crippen LogP contribution in [-0.2, 0) is 21.2 Å². The molecule has 0 fully saturated rings. The van der Waals surface area contributed by atoms with Gasteiger partial charge in [-0.15, -0.1) is 0 Å². The van der Waals surface area contributed by atoms with Crippen molar-refractivity contribution in [3.8, 4) is 0 Å². The van der Waals surface area contributed by atoms with Crippen LogP contribution in [0.1, 0.15) is 18.5 Å². The summed E-state index contributed by atoms with van der Waals surface area (Å²) < 4.78 is 25.1. The van der Waals surface area contributed by atoms with Crippen LogP contribution in [-0.4, -0.2) is 48.1 Å². The van der Waals surface area contributed by atoms with E-state index in [1.54, 1.807) is 18.3 Å². The number of aromatic nitrogens is 1. The Morgan fingerprint density at radius 2 is 2.16 bits per heavy atom. The average Bonchev–Trinajstić information content (AvgIpc) is 2.37. The summed E-state index contributed by atoms with van der Waals surface area (Å²) in [5, 5.41) is 8.50. The standard InChI is InChI=1S/C12H18N2O4S/c1-14(9-4-6-12(15)16)19(17,18)10-7-11-5-2-3-8-13-11/h2-3,5,8H,4,6-7,9-10H2,1H3,(H,15,16). The largest absolute Gasteiger partial charge is 0.481 e. The molecule has 0 radical (unpaired) electrons. The average molecular weight is 286 g/mol. The van der Waals surface area contributed by atoms with Crippen molar-refractivity contribution < 1.29 is 18.3 Å². The molecule has 19 heavy (non-hydrogen) atoms. The quantitative estimate of drug-likeness (QED) is 0.762. The fraction of sp³-hybridized carbons (Fsp3) is 0.500. The summed E-state index contributed by atoms with van der Waals surface area (Å²) in [5.74, 6) is -0.938.